The zero-order valence-electron chi connectivity index (χ0n) is 17.7. The fourth-order valence-corrected chi connectivity index (χ4v) is 7.80. The highest BCUT2D eigenvalue weighted by Gasteiger charge is 2.72. The van der Waals surface area contributed by atoms with Crippen LogP contribution in [0.5, 0.6) is 0 Å². The van der Waals surface area contributed by atoms with Crippen LogP contribution < -0.4 is 0 Å². The van der Waals surface area contributed by atoms with Crippen LogP contribution in [0.3, 0.4) is 0 Å². The Kier molecular flexibility index (Phi) is 4.67. The van der Waals surface area contributed by atoms with E-state index in [9.17, 15) is 14.4 Å². The number of fused-ring (bicyclic) bond motifs is 5. The summed E-state index contributed by atoms with van der Waals surface area (Å²) in [6.07, 6.45) is 9.06. The molecule has 5 heteroatoms. The van der Waals surface area contributed by atoms with Crippen molar-refractivity contribution in [2.24, 2.45) is 34.5 Å². The average Bonchev–Trinajstić information content (AvgIpc) is 2.91. The van der Waals surface area contributed by atoms with Gasteiger partial charge in [0, 0.05) is 26.7 Å². The molecule has 4 saturated carbocycles. The van der Waals surface area contributed by atoms with E-state index in [0.29, 0.717) is 30.6 Å². The van der Waals surface area contributed by atoms with Gasteiger partial charge in [-0.05, 0) is 68.1 Å². The molecule has 0 aliphatic heterocycles. The zero-order chi connectivity index (χ0) is 20.3. The van der Waals surface area contributed by atoms with Crippen LogP contribution >= 0.6 is 0 Å². The molecule has 1 unspecified atom stereocenters. The molecule has 28 heavy (non-hydrogen) atoms. The summed E-state index contributed by atoms with van der Waals surface area (Å²) in [4.78, 5) is 37.4. The van der Waals surface area contributed by atoms with Crippen LogP contribution in [0.25, 0.3) is 0 Å². The first-order chi connectivity index (χ1) is 13.1. The lowest BCUT2D eigenvalue weighted by molar-refractivity contribution is -0.307. The Bertz CT molecular complexity index is 683. The first kappa shape index (κ1) is 19.9. The molecule has 0 radical (unpaired) electrons. The van der Waals surface area contributed by atoms with Crippen molar-refractivity contribution in [1.29, 1.82) is 0 Å². The van der Waals surface area contributed by atoms with Crippen molar-refractivity contribution in [3.05, 3.63) is 0 Å². The second-order valence-electron chi connectivity index (χ2n) is 10.2. The summed E-state index contributed by atoms with van der Waals surface area (Å²) in [5.74, 6) is -0.819. The van der Waals surface area contributed by atoms with Crippen LogP contribution in [0, 0.1) is 34.5 Å². The molecule has 0 aromatic rings. The summed E-state index contributed by atoms with van der Waals surface area (Å²) in [5.41, 5.74) is -0.775. The Labute approximate surface area is 167 Å². The first-order valence-electron chi connectivity index (χ1n) is 11.1. The van der Waals surface area contributed by atoms with Gasteiger partial charge in [-0.1, -0.05) is 19.8 Å². The molecule has 0 saturated heterocycles. The van der Waals surface area contributed by atoms with Gasteiger partial charge < -0.3 is 9.47 Å². The van der Waals surface area contributed by atoms with Gasteiger partial charge in [-0.15, -0.1) is 0 Å². The highest BCUT2D eigenvalue weighted by atomic mass is 16.7. The molecule has 6 atom stereocenters. The third kappa shape index (κ3) is 2.60. The second-order valence-corrected chi connectivity index (χ2v) is 10.2. The maximum atomic E-state index is 13.2. The van der Waals surface area contributed by atoms with E-state index in [4.69, 9.17) is 9.47 Å². The quantitative estimate of drug-likeness (QED) is 0.516. The van der Waals surface area contributed by atoms with Gasteiger partial charge in [0.1, 0.15) is 11.2 Å². The zero-order valence-corrected chi connectivity index (χ0v) is 17.7. The normalized spacial score (nSPS) is 44.1. The maximum absolute atomic E-state index is 13.2. The topological polar surface area (TPSA) is 69.7 Å². The number of ether oxygens (including phenoxy) is 2. The number of Topliss-reactive ketones (excluding diaryl/α,β-unsaturated/α-hetero) is 1. The van der Waals surface area contributed by atoms with Gasteiger partial charge in [0.15, 0.2) is 0 Å². The van der Waals surface area contributed by atoms with E-state index in [-0.39, 0.29) is 17.1 Å². The van der Waals surface area contributed by atoms with Gasteiger partial charge in [-0.2, -0.15) is 0 Å². The lowest BCUT2D eigenvalue weighted by Gasteiger charge is -2.63. The van der Waals surface area contributed by atoms with Gasteiger partial charge in [-0.25, -0.2) is 0 Å². The molecular formula is C23H34O5. The molecule has 4 aliphatic rings. The SMILES string of the molecule is CC(=O)OC1(OC(C)=O)C[C@@H]2[C@@H](CCC3CCCC[C@@]32C)[C@@H]2CCC(=O)[C@]21C. The number of esters is 2. The molecule has 0 N–H and O–H groups in total. The van der Waals surface area contributed by atoms with Crippen LogP contribution in [-0.4, -0.2) is 23.5 Å². The van der Waals surface area contributed by atoms with Crippen molar-refractivity contribution in [3.63, 3.8) is 0 Å². The highest BCUT2D eigenvalue weighted by molar-refractivity contribution is 5.89. The molecule has 0 heterocycles. The van der Waals surface area contributed by atoms with Gasteiger partial charge in [0.25, 0.3) is 5.79 Å². The van der Waals surface area contributed by atoms with Crippen LogP contribution in [0.4, 0.5) is 0 Å². The molecule has 0 amide bonds. The monoisotopic (exact) mass is 390 g/mol. The Morgan fingerprint density at radius 3 is 2.25 bits per heavy atom. The van der Waals surface area contributed by atoms with Crippen molar-refractivity contribution in [2.45, 2.75) is 91.3 Å². The third-order valence-electron chi connectivity index (χ3n) is 9.08. The molecular weight excluding hydrogens is 356 g/mol. The number of rotatable bonds is 2. The van der Waals surface area contributed by atoms with Crippen LogP contribution in [0.15, 0.2) is 0 Å². The molecule has 4 fully saturated rings. The predicted octanol–water partition coefficient (Wildman–Crippen LogP) is 4.42. The van der Waals surface area contributed by atoms with Crippen LogP contribution in [-0.2, 0) is 23.9 Å². The smallest absolute Gasteiger partial charge is 0.305 e. The predicted molar refractivity (Wildman–Crippen MR) is 103 cm³/mol. The largest absolute Gasteiger partial charge is 0.422 e. The Morgan fingerprint density at radius 1 is 0.929 bits per heavy atom. The fourth-order valence-electron chi connectivity index (χ4n) is 7.80. The molecule has 0 bridgehead atoms. The average molecular weight is 391 g/mol. The van der Waals surface area contributed by atoms with E-state index in [0.717, 1.165) is 12.8 Å². The molecule has 0 spiro atoms. The number of ketones is 1. The molecule has 4 rings (SSSR count). The van der Waals surface area contributed by atoms with E-state index in [2.05, 4.69) is 6.92 Å². The van der Waals surface area contributed by atoms with Gasteiger partial charge in [0.2, 0.25) is 0 Å². The minimum atomic E-state index is -1.47. The molecule has 0 aromatic carbocycles. The summed E-state index contributed by atoms with van der Waals surface area (Å²) in [6.45, 7) is 6.99. The van der Waals surface area contributed by atoms with E-state index >= 15 is 0 Å². The van der Waals surface area contributed by atoms with Crippen molar-refractivity contribution < 1.29 is 23.9 Å². The van der Waals surface area contributed by atoms with E-state index in [1.807, 2.05) is 6.92 Å². The molecule has 4 aliphatic carbocycles. The van der Waals surface area contributed by atoms with Crippen LogP contribution in [0.2, 0.25) is 0 Å². The highest BCUT2D eigenvalue weighted by Crippen LogP contribution is 2.68. The molecule has 5 nitrogen and oxygen atoms in total. The van der Waals surface area contributed by atoms with Crippen molar-refractivity contribution in [1.82, 2.24) is 0 Å². The van der Waals surface area contributed by atoms with Crippen molar-refractivity contribution >= 4 is 17.7 Å². The third-order valence-corrected chi connectivity index (χ3v) is 9.08. The standard InChI is InChI=1S/C23H34O5/c1-14(24)27-23(28-15(2)25)13-19-17(18-10-11-20(26)22(18,23)4)9-8-16-7-5-6-12-21(16,19)3/h16-19H,5-13H2,1-4H3/t16?,17-,18-,19+,21-,22-/m0/s1. The van der Waals surface area contributed by atoms with Crippen LogP contribution in [0.1, 0.15) is 85.5 Å². The number of hydrogen-bond donors (Lipinski definition) is 0. The van der Waals surface area contributed by atoms with Gasteiger partial charge in [-0.3, -0.25) is 14.4 Å². The number of hydrogen-bond acceptors (Lipinski definition) is 5. The first-order valence-corrected chi connectivity index (χ1v) is 11.1. The summed E-state index contributed by atoms with van der Waals surface area (Å²) in [5, 5.41) is 0. The maximum Gasteiger partial charge on any atom is 0.305 e. The number of carbonyl (C=O) groups excluding carboxylic acids is 3. The summed E-state index contributed by atoms with van der Waals surface area (Å²) in [6, 6.07) is 0. The Balaban J connectivity index is 1.83. The molecule has 0 aromatic heterocycles. The Morgan fingerprint density at radius 2 is 1.61 bits per heavy atom. The van der Waals surface area contributed by atoms with Gasteiger partial charge >= 0.3 is 11.9 Å². The van der Waals surface area contributed by atoms with E-state index < -0.39 is 23.1 Å². The minimum Gasteiger partial charge on any atom is -0.422 e. The summed E-state index contributed by atoms with van der Waals surface area (Å²) < 4.78 is 11.7. The minimum absolute atomic E-state index is 0.0781. The molecule has 156 valence electrons. The Hall–Kier alpha value is -1.39. The lowest BCUT2D eigenvalue weighted by Crippen LogP contribution is -2.66. The van der Waals surface area contributed by atoms with Crippen molar-refractivity contribution in [2.75, 3.05) is 0 Å². The van der Waals surface area contributed by atoms with Crippen molar-refractivity contribution in [3.8, 4) is 0 Å². The van der Waals surface area contributed by atoms with E-state index in [1.165, 1.54) is 46.0 Å². The summed E-state index contributed by atoms with van der Waals surface area (Å²) >= 11 is 0. The van der Waals surface area contributed by atoms with E-state index in [1.54, 1.807) is 0 Å². The fraction of sp³-hybridized carbons (Fsp3) is 0.870. The number of carbonyl (C=O) groups is 3. The summed E-state index contributed by atoms with van der Waals surface area (Å²) in [7, 11) is 0. The van der Waals surface area contributed by atoms with Gasteiger partial charge in [0.05, 0.1) is 0 Å². The lowest BCUT2D eigenvalue weighted by atomic mass is 9.44. The second kappa shape index (κ2) is 6.56.